The Kier molecular flexibility index (Phi) is 3.61. The minimum absolute atomic E-state index is 0.546. The van der Waals surface area contributed by atoms with E-state index in [-0.39, 0.29) is 0 Å². The lowest BCUT2D eigenvalue weighted by Gasteiger charge is -2.19. The number of hydrogen-bond acceptors (Lipinski definition) is 3. The van der Waals surface area contributed by atoms with Crippen molar-refractivity contribution >= 4 is 16.3 Å². The summed E-state index contributed by atoms with van der Waals surface area (Å²) in [6.07, 6.45) is 5.36. The lowest BCUT2D eigenvalue weighted by atomic mass is 10.0. The Morgan fingerprint density at radius 1 is 1.50 bits per heavy atom. The largest absolute Gasteiger partial charge is 0.308 e. The molecule has 2 heterocycles. The quantitative estimate of drug-likeness (QED) is 0.866. The van der Waals surface area contributed by atoms with Crippen LogP contribution in [0.15, 0.2) is 17.8 Å². The van der Waals surface area contributed by atoms with Crippen molar-refractivity contribution in [1.29, 1.82) is 0 Å². The second kappa shape index (κ2) is 4.97. The van der Waals surface area contributed by atoms with Crippen LogP contribution >= 0.6 is 11.3 Å². The van der Waals surface area contributed by atoms with Gasteiger partial charge in [-0.2, -0.15) is 0 Å². The van der Waals surface area contributed by atoms with Gasteiger partial charge in [0.25, 0.3) is 0 Å². The highest BCUT2D eigenvalue weighted by molar-refractivity contribution is 7.15. The smallest absolute Gasteiger partial charge is 0.193 e. The van der Waals surface area contributed by atoms with Gasteiger partial charge in [-0.3, -0.25) is 4.40 Å². The van der Waals surface area contributed by atoms with E-state index < -0.39 is 0 Å². The summed E-state index contributed by atoms with van der Waals surface area (Å²) in [7, 11) is 0. The van der Waals surface area contributed by atoms with Gasteiger partial charge in [-0.15, -0.1) is 11.3 Å². The number of imidazole rings is 1. The molecule has 0 aliphatic carbocycles. The summed E-state index contributed by atoms with van der Waals surface area (Å²) in [5, 5.41) is 5.59. The fraction of sp³-hybridized carbons (Fsp3) is 0.583. The summed E-state index contributed by atoms with van der Waals surface area (Å²) in [5.41, 5.74) is 1.13. The molecule has 0 aromatic carbocycles. The molecule has 0 saturated heterocycles. The maximum Gasteiger partial charge on any atom is 0.193 e. The van der Waals surface area contributed by atoms with Crippen LogP contribution in [0.1, 0.15) is 32.9 Å². The van der Waals surface area contributed by atoms with Crippen LogP contribution in [0.3, 0.4) is 0 Å². The lowest BCUT2D eigenvalue weighted by molar-refractivity contribution is 0.388. The SMILES string of the molecule is CCC(C)C(C)NCc1cn2ccsc2n1. The zero-order valence-electron chi connectivity index (χ0n) is 10.1. The molecule has 0 fully saturated rings. The first-order valence-electron chi connectivity index (χ1n) is 5.85. The standard InChI is InChI=1S/C12H19N3S/c1-4-9(2)10(3)13-7-11-8-15-5-6-16-12(15)14-11/h5-6,8-10,13H,4,7H2,1-3H3. The van der Waals surface area contributed by atoms with E-state index >= 15 is 0 Å². The summed E-state index contributed by atoms with van der Waals surface area (Å²) < 4.78 is 2.08. The first-order chi connectivity index (χ1) is 7.70. The van der Waals surface area contributed by atoms with Gasteiger partial charge in [0, 0.05) is 30.4 Å². The average Bonchev–Trinajstić information content (AvgIpc) is 2.84. The lowest BCUT2D eigenvalue weighted by Crippen LogP contribution is -2.31. The maximum atomic E-state index is 4.55. The number of nitrogens with zero attached hydrogens (tertiary/aromatic N) is 2. The van der Waals surface area contributed by atoms with Gasteiger partial charge in [0.05, 0.1) is 5.69 Å². The molecule has 0 bridgehead atoms. The van der Waals surface area contributed by atoms with Crippen LogP contribution in [0.5, 0.6) is 0 Å². The van der Waals surface area contributed by atoms with Gasteiger partial charge < -0.3 is 5.32 Å². The maximum absolute atomic E-state index is 4.55. The van der Waals surface area contributed by atoms with Crippen molar-refractivity contribution in [2.24, 2.45) is 5.92 Å². The third kappa shape index (κ3) is 2.44. The van der Waals surface area contributed by atoms with E-state index in [0.29, 0.717) is 12.0 Å². The number of rotatable bonds is 5. The van der Waals surface area contributed by atoms with Crippen LogP contribution in [0.4, 0.5) is 0 Å². The number of thiazole rings is 1. The molecule has 0 radical (unpaired) electrons. The van der Waals surface area contributed by atoms with E-state index in [2.05, 4.69) is 53.2 Å². The van der Waals surface area contributed by atoms with Gasteiger partial charge in [0.2, 0.25) is 0 Å². The highest BCUT2D eigenvalue weighted by atomic mass is 32.1. The van der Waals surface area contributed by atoms with E-state index in [1.54, 1.807) is 11.3 Å². The fourth-order valence-electron chi connectivity index (χ4n) is 1.68. The molecule has 0 aliphatic rings. The van der Waals surface area contributed by atoms with Crippen LogP contribution < -0.4 is 5.32 Å². The van der Waals surface area contributed by atoms with E-state index in [1.165, 1.54) is 6.42 Å². The molecule has 3 nitrogen and oxygen atoms in total. The summed E-state index contributed by atoms with van der Waals surface area (Å²) in [6, 6.07) is 0.546. The second-order valence-electron chi connectivity index (χ2n) is 4.38. The Bertz CT molecular complexity index is 417. The molecule has 1 N–H and O–H groups in total. The van der Waals surface area contributed by atoms with Crippen molar-refractivity contribution in [3.8, 4) is 0 Å². The summed E-state index contributed by atoms with van der Waals surface area (Å²) >= 11 is 1.68. The molecule has 88 valence electrons. The van der Waals surface area contributed by atoms with E-state index in [9.17, 15) is 0 Å². The van der Waals surface area contributed by atoms with Crippen LogP contribution in [-0.4, -0.2) is 15.4 Å². The Morgan fingerprint density at radius 3 is 3.00 bits per heavy atom. The Morgan fingerprint density at radius 2 is 2.31 bits per heavy atom. The van der Waals surface area contributed by atoms with Gasteiger partial charge in [-0.1, -0.05) is 20.3 Å². The van der Waals surface area contributed by atoms with Crippen molar-refractivity contribution in [3.63, 3.8) is 0 Å². The molecule has 2 aromatic heterocycles. The van der Waals surface area contributed by atoms with E-state index in [0.717, 1.165) is 17.2 Å². The molecule has 2 aromatic rings. The van der Waals surface area contributed by atoms with Crippen LogP contribution in [0, 0.1) is 5.92 Å². The molecular formula is C12H19N3S. The first kappa shape index (κ1) is 11.6. The zero-order valence-corrected chi connectivity index (χ0v) is 10.9. The Hall–Kier alpha value is -0.870. The molecule has 0 aliphatic heterocycles. The third-order valence-electron chi connectivity index (χ3n) is 3.25. The van der Waals surface area contributed by atoms with Crippen molar-refractivity contribution in [3.05, 3.63) is 23.5 Å². The molecule has 0 spiro atoms. The number of hydrogen-bond donors (Lipinski definition) is 1. The minimum Gasteiger partial charge on any atom is -0.308 e. The topological polar surface area (TPSA) is 29.3 Å². The highest BCUT2D eigenvalue weighted by Crippen LogP contribution is 2.12. The molecule has 2 rings (SSSR count). The minimum atomic E-state index is 0.546. The fourth-order valence-corrected chi connectivity index (χ4v) is 2.40. The molecule has 0 amide bonds. The van der Waals surface area contributed by atoms with Gasteiger partial charge in [-0.25, -0.2) is 4.98 Å². The Labute approximate surface area is 101 Å². The average molecular weight is 237 g/mol. The number of nitrogens with one attached hydrogen (secondary N) is 1. The van der Waals surface area contributed by atoms with E-state index in [1.807, 2.05) is 0 Å². The zero-order chi connectivity index (χ0) is 11.5. The second-order valence-corrected chi connectivity index (χ2v) is 5.25. The van der Waals surface area contributed by atoms with Crippen molar-refractivity contribution < 1.29 is 0 Å². The molecule has 4 heteroatoms. The summed E-state index contributed by atoms with van der Waals surface area (Å²) in [5.74, 6) is 0.712. The molecule has 2 atom stereocenters. The van der Waals surface area contributed by atoms with E-state index in [4.69, 9.17) is 0 Å². The molecule has 0 saturated carbocycles. The van der Waals surface area contributed by atoms with Crippen LogP contribution in [0.2, 0.25) is 0 Å². The normalized spacial score (nSPS) is 15.4. The van der Waals surface area contributed by atoms with Gasteiger partial charge in [0.1, 0.15) is 0 Å². The number of aromatic nitrogens is 2. The van der Waals surface area contributed by atoms with Crippen LogP contribution in [-0.2, 0) is 6.54 Å². The summed E-state index contributed by atoms with van der Waals surface area (Å²) in [4.78, 5) is 5.63. The van der Waals surface area contributed by atoms with Crippen molar-refractivity contribution in [1.82, 2.24) is 14.7 Å². The molecule has 16 heavy (non-hydrogen) atoms. The number of fused-ring (bicyclic) bond motifs is 1. The predicted molar refractivity (Wildman–Crippen MR) is 68.8 cm³/mol. The predicted octanol–water partition coefficient (Wildman–Crippen LogP) is 2.92. The van der Waals surface area contributed by atoms with Crippen molar-refractivity contribution in [2.75, 3.05) is 0 Å². The summed E-state index contributed by atoms with van der Waals surface area (Å²) in [6.45, 7) is 7.62. The van der Waals surface area contributed by atoms with Gasteiger partial charge in [-0.05, 0) is 12.8 Å². The van der Waals surface area contributed by atoms with Crippen molar-refractivity contribution in [2.45, 2.75) is 39.8 Å². The highest BCUT2D eigenvalue weighted by Gasteiger charge is 2.10. The van der Waals surface area contributed by atoms with Crippen LogP contribution in [0.25, 0.3) is 4.96 Å². The monoisotopic (exact) mass is 237 g/mol. The van der Waals surface area contributed by atoms with Gasteiger partial charge >= 0.3 is 0 Å². The molecule has 2 unspecified atom stereocenters. The van der Waals surface area contributed by atoms with Gasteiger partial charge in [0.15, 0.2) is 4.96 Å². The Balaban J connectivity index is 1.93. The third-order valence-corrected chi connectivity index (χ3v) is 4.02. The first-order valence-corrected chi connectivity index (χ1v) is 6.73. The molecular weight excluding hydrogens is 218 g/mol.